The van der Waals surface area contributed by atoms with Gasteiger partial charge in [-0.2, -0.15) is 0 Å². The third kappa shape index (κ3) is 4.44. The Labute approximate surface area is 175 Å². The number of carbonyl (C=O) groups excluding carboxylic acids is 1. The maximum atomic E-state index is 12.8. The minimum atomic E-state index is -0.705. The second kappa shape index (κ2) is 8.96. The molecule has 1 atom stereocenters. The highest BCUT2D eigenvalue weighted by molar-refractivity contribution is 5.90. The summed E-state index contributed by atoms with van der Waals surface area (Å²) in [6.07, 6.45) is 0.788. The van der Waals surface area contributed by atoms with Gasteiger partial charge in [-0.15, -0.1) is 5.10 Å². The molecule has 8 nitrogen and oxygen atoms in total. The predicted octanol–water partition coefficient (Wildman–Crippen LogP) is 1.98. The third-order valence-corrected chi connectivity index (χ3v) is 5.28. The molecule has 1 amide bonds. The van der Waals surface area contributed by atoms with Crippen LogP contribution >= 0.6 is 0 Å². The van der Waals surface area contributed by atoms with E-state index >= 15 is 0 Å². The number of nitrogens with zero attached hydrogens (tertiary/aromatic N) is 5. The first-order valence-corrected chi connectivity index (χ1v) is 9.95. The minimum Gasteiger partial charge on any atom is -0.497 e. The fraction of sp³-hybridized carbons (Fsp3) is 0.318. The number of hydrogen-bond acceptors (Lipinski definition) is 6. The van der Waals surface area contributed by atoms with Crippen molar-refractivity contribution in [3.05, 3.63) is 72.3 Å². The number of ether oxygens (including phenoxy) is 1. The molecule has 0 saturated carbocycles. The summed E-state index contributed by atoms with van der Waals surface area (Å²) in [6, 6.07) is 17.3. The molecule has 0 spiro atoms. The van der Waals surface area contributed by atoms with Gasteiger partial charge < -0.3 is 19.6 Å². The van der Waals surface area contributed by atoms with E-state index in [9.17, 15) is 9.90 Å². The minimum absolute atomic E-state index is 0.160. The zero-order chi connectivity index (χ0) is 20.9. The van der Waals surface area contributed by atoms with Gasteiger partial charge in [-0.05, 0) is 29.8 Å². The van der Waals surface area contributed by atoms with E-state index in [0.29, 0.717) is 13.1 Å². The summed E-state index contributed by atoms with van der Waals surface area (Å²) in [5, 5.41) is 14.6. The number of aromatic nitrogens is 3. The first-order valence-electron chi connectivity index (χ1n) is 9.95. The molecule has 3 aromatic rings. The number of carbonyl (C=O) groups is 1. The van der Waals surface area contributed by atoms with Crippen LogP contribution in [0.15, 0.2) is 60.9 Å². The molecule has 2 heterocycles. The normalized spacial score (nSPS) is 15.1. The van der Waals surface area contributed by atoms with E-state index in [1.165, 1.54) is 11.0 Å². The van der Waals surface area contributed by atoms with Crippen molar-refractivity contribution in [3.63, 3.8) is 0 Å². The fourth-order valence-electron chi connectivity index (χ4n) is 3.54. The monoisotopic (exact) mass is 407 g/mol. The van der Waals surface area contributed by atoms with Crippen LogP contribution in [0, 0.1) is 0 Å². The van der Waals surface area contributed by atoms with E-state index in [4.69, 9.17) is 4.74 Å². The van der Waals surface area contributed by atoms with Crippen LogP contribution in [0.1, 0.15) is 22.3 Å². The Morgan fingerprint density at radius 3 is 2.43 bits per heavy atom. The Bertz CT molecular complexity index is 966. The first-order chi connectivity index (χ1) is 14.6. The van der Waals surface area contributed by atoms with Crippen molar-refractivity contribution in [2.24, 2.45) is 0 Å². The molecule has 1 saturated heterocycles. The average molecular weight is 407 g/mol. The van der Waals surface area contributed by atoms with Crippen LogP contribution in [0.2, 0.25) is 0 Å². The van der Waals surface area contributed by atoms with Gasteiger partial charge in [0.25, 0.3) is 5.91 Å². The molecule has 2 aromatic carbocycles. The number of hydrogen-bond donors (Lipinski definition) is 1. The standard InChI is InChI=1S/C22H25N5O3/c1-30-19-9-7-18(8-10-19)25-11-13-26(14-12-25)22(29)21-23-16-27(24-21)15-20(28)17-5-3-2-4-6-17/h2-10,16,20,28H,11-15H2,1H3. The quantitative estimate of drug-likeness (QED) is 0.673. The van der Waals surface area contributed by atoms with Gasteiger partial charge >= 0.3 is 0 Å². The summed E-state index contributed by atoms with van der Waals surface area (Å²) in [4.78, 5) is 21.0. The molecule has 1 aliphatic heterocycles. The van der Waals surface area contributed by atoms with Crippen molar-refractivity contribution in [2.45, 2.75) is 12.6 Å². The summed E-state index contributed by atoms with van der Waals surface area (Å²) in [6.45, 7) is 2.94. The predicted molar refractivity (Wildman–Crippen MR) is 113 cm³/mol. The number of aliphatic hydroxyl groups is 1. The molecule has 0 radical (unpaired) electrons. The van der Waals surface area contributed by atoms with Crippen molar-refractivity contribution in [1.82, 2.24) is 19.7 Å². The van der Waals surface area contributed by atoms with E-state index in [0.717, 1.165) is 30.1 Å². The highest BCUT2D eigenvalue weighted by Gasteiger charge is 2.25. The molecule has 30 heavy (non-hydrogen) atoms. The lowest BCUT2D eigenvalue weighted by Crippen LogP contribution is -2.49. The van der Waals surface area contributed by atoms with Crippen molar-refractivity contribution >= 4 is 11.6 Å². The SMILES string of the molecule is COc1ccc(N2CCN(C(=O)c3ncn(CC(O)c4ccccc4)n3)CC2)cc1. The van der Waals surface area contributed by atoms with Crippen LogP contribution < -0.4 is 9.64 Å². The van der Waals surface area contributed by atoms with Crippen LogP contribution in [0.5, 0.6) is 5.75 Å². The Balaban J connectivity index is 1.33. The lowest BCUT2D eigenvalue weighted by Gasteiger charge is -2.35. The number of methoxy groups -OCH3 is 1. The summed E-state index contributed by atoms with van der Waals surface area (Å²) in [5.41, 5.74) is 1.91. The molecule has 0 aliphatic carbocycles. The summed E-state index contributed by atoms with van der Waals surface area (Å²) >= 11 is 0. The van der Waals surface area contributed by atoms with Crippen molar-refractivity contribution < 1.29 is 14.6 Å². The number of aliphatic hydroxyl groups excluding tert-OH is 1. The van der Waals surface area contributed by atoms with Crippen LogP contribution in [0.25, 0.3) is 0 Å². The fourth-order valence-corrected chi connectivity index (χ4v) is 3.54. The summed E-state index contributed by atoms with van der Waals surface area (Å²) < 4.78 is 6.71. The van der Waals surface area contributed by atoms with Crippen molar-refractivity contribution in [2.75, 3.05) is 38.2 Å². The smallest absolute Gasteiger partial charge is 0.293 e. The number of rotatable bonds is 6. The van der Waals surface area contributed by atoms with Gasteiger partial charge in [0.2, 0.25) is 5.82 Å². The lowest BCUT2D eigenvalue weighted by atomic mass is 10.1. The molecular weight excluding hydrogens is 382 g/mol. The van der Waals surface area contributed by atoms with E-state index in [-0.39, 0.29) is 18.3 Å². The molecule has 1 unspecified atom stereocenters. The molecule has 1 aliphatic rings. The number of amides is 1. The van der Waals surface area contributed by atoms with Gasteiger partial charge in [-0.1, -0.05) is 30.3 Å². The zero-order valence-electron chi connectivity index (χ0n) is 16.9. The van der Waals surface area contributed by atoms with Gasteiger partial charge in [0.05, 0.1) is 19.8 Å². The zero-order valence-corrected chi connectivity index (χ0v) is 16.9. The maximum absolute atomic E-state index is 12.8. The summed E-state index contributed by atoms with van der Waals surface area (Å²) in [5.74, 6) is 0.803. The molecular formula is C22H25N5O3. The van der Waals surface area contributed by atoms with Crippen molar-refractivity contribution in [3.8, 4) is 5.75 Å². The molecule has 156 valence electrons. The molecule has 0 bridgehead atoms. The topological polar surface area (TPSA) is 83.7 Å². The molecule has 1 aromatic heterocycles. The largest absolute Gasteiger partial charge is 0.497 e. The average Bonchev–Trinajstić information content (AvgIpc) is 3.28. The van der Waals surface area contributed by atoms with Crippen LogP contribution in [0.3, 0.4) is 0 Å². The van der Waals surface area contributed by atoms with E-state index in [2.05, 4.69) is 15.0 Å². The van der Waals surface area contributed by atoms with Gasteiger partial charge in [0.15, 0.2) is 0 Å². The van der Waals surface area contributed by atoms with Crippen LogP contribution in [-0.4, -0.2) is 64.0 Å². The highest BCUT2D eigenvalue weighted by Crippen LogP contribution is 2.21. The van der Waals surface area contributed by atoms with Gasteiger partial charge in [0, 0.05) is 31.9 Å². The maximum Gasteiger partial charge on any atom is 0.293 e. The van der Waals surface area contributed by atoms with Gasteiger partial charge in [0.1, 0.15) is 12.1 Å². The number of benzene rings is 2. The number of anilines is 1. The van der Waals surface area contributed by atoms with E-state index in [1.54, 1.807) is 12.0 Å². The third-order valence-electron chi connectivity index (χ3n) is 5.28. The van der Waals surface area contributed by atoms with E-state index < -0.39 is 6.10 Å². The molecule has 4 rings (SSSR count). The van der Waals surface area contributed by atoms with Gasteiger partial charge in [-0.25, -0.2) is 9.67 Å². The van der Waals surface area contributed by atoms with Crippen LogP contribution in [-0.2, 0) is 6.54 Å². The lowest BCUT2D eigenvalue weighted by molar-refractivity contribution is 0.0733. The number of piperazine rings is 1. The Morgan fingerprint density at radius 2 is 1.77 bits per heavy atom. The molecule has 1 fully saturated rings. The second-order valence-corrected chi connectivity index (χ2v) is 7.19. The first kappa shape index (κ1) is 19.9. The second-order valence-electron chi connectivity index (χ2n) is 7.19. The summed E-state index contributed by atoms with van der Waals surface area (Å²) in [7, 11) is 1.65. The molecule has 8 heteroatoms. The van der Waals surface area contributed by atoms with Gasteiger partial charge in [-0.3, -0.25) is 4.79 Å². The Morgan fingerprint density at radius 1 is 1.07 bits per heavy atom. The van der Waals surface area contributed by atoms with Crippen molar-refractivity contribution in [1.29, 1.82) is 0 Å². The Hall–Kier alpha value is -3.39. The van der Waals surface area contributed by atoms with E-state index in [1.807, 2.05) is 54.6 Å². The van der Waals surface area contributed by atoms with Crippen LogP contribution in [0.4, 0.5) is 5.69 Å². The Kier molecular flexibility index (Phi) is 5.94. The molecule has 1 N–H and O–H groups in total. The highest BCUT2D eigenvalue weighted by atomic mass is 16.5.